The van der Waals surface area contributed by atoms with Crippen LogP contribution in [0.5, 0.6) is 0 Å². The van der Waals surface area contributed by atoms with E-state index in [-0.39, 0.29) is 0 Å². The second kappa shape index (κ2) is 4.90. The van der Waals surface area contributed by atoms with Gasteiger partial charge in [0.2, 0.25) is 0 Å². The Labute approximate surface area is 117 Å². The van der Waals surface area contributed by atoms with Crippen LogP contribution in [0.25, 0.3) is 16.9 Å². The van der Waals surface area contributed by atoms with E-state index in [9.17, 15) is 0 Å². The molecule has 3 heteroatoms. The average molecular weight is 269 g/mol. The number of nitrogens with zero attached hydrogens (tertiary/aromatic N) is 2. The number of hydrogen-bond acceptors (Lipinski definition) is 1. The summed E-state index contributed by atoms with van der Waals surface area (Å²) in [5.74, 6) is 0. The van der Waals surface area contributed by atoms with Crippen molar-refractivity contribution in [3.8, 4) is 16.9 Å². The lowest BCUT2D eigenvalue weighted by Gasteiger charge is -2.03. The molecule has 1 heterocycles. The van der Waals surface area contributed by atoms with Crippen LogP contribution in [0.3, 0.4) is 0 Å². The number of rotatable bonds is 2. The molecule has 0 N–H and O–H groups in total. The highest BCUT2D eigenvalue weighted by atomic mass is 35.5. The minimum Gasteiger partial charge on any atom is -0.222 e. The Kier molecular flexibility index (Phi) is 3.10. The lowest BCUT2D eigenvalue weighted by molar-refractivity contribution is 0.884. The van der Waals surface area contributed by atoms with Gasteiger partial charge in [0, 0.05) is 11.6 Å². The van der Waals surface area contributed by atoms with E-state index in [4.69, 9.17) is 11.6 Å². The van der Waals surface area contributed by atoms with Gasteiger partial charge < -0.3 is 0 Å². The SMILES string of the molecule is Cc1ccc(-n2nc(-c3ccccc3)cc2Cl)cc1. The van der Waals surface area contributed by atoms with E-state index in [1.54, 1.807) is 4.68 Å². The smallest absolute Gasteiger partial charge is 0.133 e. The molecule has 1 aromatic heterocycles. The molecule has 0 unspecified atom stereocenters. The van der Waals surface area contributed by atoms with Gasteiger partial charge in [0.15, 0.2) is 0 Å². The molecule has 0 amide bonds. The van der Waals surface area contributed by atoms with Crippen molar-refractivity contribution in [2.24, 2.45) is 0 Å². The van der Waals surface area contributed by atoms with Crippen molar-refractivity contribution in [2.45, 2.75) is 6.92 Å². The zero-order valence-corrected chi connectivity index (χ0v) is 11.3. The normalized spacial score (nSPS) is 10.6. The van der Waals surface area contributed by atoms with Crippen LogP contribution < -0.4 is 0 Å². The van der Waals surface area contributed by atoms with Crippen LogP contribution in [-0.2, 0) is 0 Å². The Morgan fingerprint density at radius 2 is 1.63 bits per heavy atom. The number of halogens is 1. The lowest BCUT2D eigenvalue weighted by atomic mass is 10.2. The highest BCUT2D eigenvalue weighted by molar-refractivity contribution is 6.30. The maximum atomic E-state index is 6.27. The Balaban J connectivity index is 2.05. The van der Waals surface area contributed by atoms with Crippen molar-refractivity contribution in [1.82, 2.24) is 9.78 Å². The van der Waals surface area contributed by atoms with E-state index < -0.39 is 0 Å². The molecule has 0 aliphatic rings. The topological polar surface area (TPSA) is 17.8 Å². The number of benzene rings is 2. The van der Waals surface area contributed by atoms with Crippen molar-refractivity contribution in [3.05, 3.63) is 71.4 Å². The van der Waals surface area contributed by atoms with Crippen LogP contribution in [-0.4, -0.2) is 9.78 Å². The van der Waals surface area contributed by atoms with Crippen LogP contribution in [0.4, 0.5) is 0 Å². The van der Waals surface area contributed by atoms with Gasteiger partial charge in [0.05, 0.1) is 11.4 Å². The van der Waals surface area contributed by atoms with E-state index in [1.165, 1.54) is 5.56 Å². The first kappa shape index (κ1) is 12.0. The van der Waals surface area contributed by atoms with Crippen LogP contribution >= 0.6 is 11.6 Å². The fraction of sp³-hybridized carbons (Fsp3) is 0.0625. The molecule has 2 nitrogen and oxygen atoms in total. The van der Waals surface area contributed by atoms with Crippen molar-refractivity contribution in [2.75, 3.05) is 0 Å². The lowest BCUT2D eigenvalue weighted by Crippen LogP contribution is -1.96. The zero-order valence-electron chi connectivity index (χ0n) is 10.5. The van der Waals surface area contributed by atoms with Gasteiger partial charge in [-0.1, -0.05) is 59.6 Å². The zero-order chi connectivity index (χ0) is 13.2. The average Bonchev–Trinajstić information content (AvgIpc) is 2.83. The van der Waals surface area contributed by atoms with E-state index in [1.807, 2.05) is 48.5 Å². The summed E-state index contributed by atoms with van der Waals surface area (Å²) in [6, 6.07) is 20.1. The highest BCUT2D eigenvalue weighted by Crippen LogP contribution is 2.24. The molecular formula is C16H13ClN2. The molecular weight excluding hydrogens is 256 g/mol. The Morgan fingerprint density at radius 1 is 0.947 bits per heavy atom. The second-order valence-corrected chi connectivity index (χ2v) is 4.85. The third-order valence-electron chi connectivity index (χ3n) is 3.01. The summed E-state index contributed by atoms with van der Waals surface area (Å²) in [6.07, 6.45) is 0. The van der Waals surface area contributed by atoms with Crippen molar-refractivity contribution in [3.63, 3.8) is 0 Å². The summed E-state index contributed by atoms with van der Waals surface area (Å²) < 4.78 is 1.75. The summed E-state index contributed by atoms with van der Waals surface area (Å²) in [5.41, 5.74) is 4.13. The quantitative estimate of drug-likeness (QED) is 0.669. The van der Waals surface area contributed by atoms with Crippen LogP contribution in [0.1, 0.15) is 5.56 Å². The van der Waals surface area contributed by atoms with E-state index in [2.05, 4.69) is 24.2 Å². The molecule has 0 radical (unpaired) electrons. The molecule has 0 aliphatic heterocycles. The summed E-state index contributed by atoms with van der Waals surface area (Å²) >= 11 is 6.27. The molecule has 19 heavy (non-hydrogen) atoms. The maximum Gasteiger partial charge on any atom is 0.133 e. The molecule has 0 saturated carbocycles. The Bertz CT molecular complexity index is 685. The monoisotopic (exact) mass is 268 g/mol. The van der Waals surface area contributed by atoms with Crippen LogP contribution in [0.15, 0.2) is 60.7 Å². The van der Waals surface area contributed by atoms with Gasteiger partial charge in [0.25, 0.3) is 0 Å². The molecule has 0 bridgehead atoms. The third kappa shape index (κ3) is 2.40. The maximum absolute atomic E-state index is 6.27. The first-order chi connectivity index (χ1) is 9.24. The molecule has 2 aromatic carbocycles. The van der Waals surface area contributed by atoms with Gasteiger partial charge in [-0.2, -0.15) is 5.10 Å². The molecule has 0 spiro atoms. The predicted molar refractivity (Wildman–Crippen MR) is 78.7 cm³/mol. The van der Waals surface area contributed by atoms with Gasteiger partial charge in [-0.3, -0.25) is 0 Å². The molecule has 0 fully saturated rings. The van der Waals surface area contributed by atoms with Gasteiger partial charge in [-0.15, -0.1) is 0 Å². The summed E-state index contributed by atoms with van der Waals surface area (Å²) in [7, 11) is 0. The number of aromatic nitrogens is 2. The van der Waals surface area contributed by atoms with Crippen molar-refractivity contribution >= 4 is 11.6 Å². The molecule has 0 saturated heterocycles. The van der Waals surface area contributed by atoms with Gasteiger partial charge in [-0.25, -0.2) is 4.68 Å². The Morgan fingerprint density at radius 3 is 2.32 bits per heavy atom. The summed E-state index contributed by atoms with van der Waals surface area (Å²) in [5, 5.41) is 5.18. The van der Waals surface area contributed by atoms with Crippen LogP contribution in [0, 0.1) is 6.92 Å². The number of hydrogen-bond donors (Lipinski definition) is 0. The predicted octanol–water partition coefficient (Wildman–Crippen LogP) is 4.50. The minimum atomic E-state index is 0.614. The molecule has 94 valence electrons. The highest BCUT2D eigenvalue weighted by Gasteiger charge is 2.08. The molecule has 3 rings (SSSR count). The molecule has 0 atom stereocenters. The first-order valence-corrected chi connectivity index (χ1v) is 6.50. The van der Waals surface area contributed by atoms with E-state index >= 15 is 0 Å². The standard InChI is InChI=1S/C16H13ClN2/c1-12-7-9-14(10-8-12)19-16(17)11-15(18-19)13-5-3-2-4-6-13/h2-11H,1H3. The summed E-state index contributed by atoms with van der Waals surface area (Å²) in [6.45, 7) is 2.06. The molecule has 3 aromatic rings. The fourth-order valence-corrected chi connectivity index (χ4v) is 2.21. The first-order valence-electron chi connectivity index (χ1n) is 6.12. The van der Waals surface area contributed by atoms with Crippen molar-refractivity contribution < 1.29 is 0 Å². The Hall–Kier alpha value is -2.06. The van der Waals surface area contributed by atoms with Crippen LogP contribution in [0.2, 0.25) is 5.15 Å². The van der Waals surface area contributed by atoms with Gasteiger partial charge in [-0.05, 0) is 19.1 Å². The van der Waals surface area contributed by atoms with Gasteiger partial charge >= 0.3 is 0 Å². The third-order valence-corrected chi connectivity index (χ3v) is 3.28. The minimum absolute atomic E-state index is 0.614. The summed E-state index contributed by atoms with van der Waals surface area (Å²) in [4.78, 5) is 0. The largest absolute Gasteiger partial charge is 0.222 e. The number of aryl methyl sites for hydroxylation is 1. The van der Waals surface area contributed by atoms with E-state index in [0.717, 1.165) is 16.9 Å². The second-order valence-electron chi connectivity index (χ2n) is 4.47. The van der Waals surface area contributed by atoms with Crippen molar-refractivity contribution in [1.29, 1.82) is 0 Å². The van der Waals surface area contributed by atoms with Gasteiger partial charge in [0.1, 0.15) is 5.15 Å². The van der Waals surface area contributed by atoms with E-state index in [0.29, 0.717) is 5.15 Å². The fourth-order valence-electron chi connectivity index (χ4n) is 1.98. The molecule has 0 aliphatic carbocycles.